The summed E-state index contributed by atoms with van der Waals surface area (Å²) in [6.45, 7) is 0. The molecular weight excluding hydrogens is 501 g/mol. The van der Waals surface area contributed by atoms with Crippen LogP contribution in [0.5, 0.6) is 5.75 Å². The molecule has 34 heavy (non-hydrogen) atoms. The molecule has 7 nitrogen and oxygen atoms in total. The molecule has 1 heterocycles. The van der Waals surface area contributed by atoms with Crippen LogP contribution in [0.25, 0.3) is 0 Å². The fourth-order valence-electron chi connectivity index (χ4n) is 3.28. The third-order valence-electron chi connectivity index (χ3n) is 4.95. The summed E-state index contributed by atoms with van der Waals surface area (Å²) < 4.78 is 5.24. The zero-order valence-corrected chi connectivity index (χ0v) is 19.8. The first-order valence-corrected chi connectivity index (χ1v) is 11.0. The topological polar surface area (TPSA) is 87.7 Å². The van der Waals surface area contributed by atoms with E-state index in [4.69, 9.17) is 39.5 Å². The minimum Gasteiger partial charge on any atom is -0.495 e. The van der Waals surface area contributed by atoms with Crippen molar-refractivity contribution in [2.24, 2.45) is 0 Å². The maximum atomic E-state index is 12.9. The number of nitrogens with zero attached hydrogens (tertiary/aromatic N) is 1. The Kier molecular flexibility index (Phi) is 6.79. The van der Waals surface area contributed by atoms with Crippen LogP contribution in [0.15, 0.2) is 77.5 Å². The van der Waals surface area contributed by atoms with Gasteiger partial charge in [0.1, 0.15) is 16.5 Å². The highest BCUT2D eigenvalue weighted by molar-refractivity contribution is 6.54. The van der Waals surface area contributed by atoms with Crippen LogP contribution in [-0.4, -0.2) is 24.8 Å². The molecule has 0 fully saturated rings. The molecule has 0 atom stereocenters. The Balaban J connectivity index is 1.50. The van der Waals surface area contributed by atoms with Crippen molar-refractivity contribution in [2.75, 3.05) is 22.6 Å². The number of hydrogen-bond donors (Lipinski definition) is 2. The van der Waals surface area contributed by atoms with Gasteiger partial charge in [-0.3, -0.25) is 14.4 Å². The van der Waals surface area contributed by atoms with Gasteiger partial charge in [0.2, 0.25) is 0 Å². The van der Waals surface area contributed by atoms with Gasteiger partial charge in [0, 0.05) is 16.3 Å². The van der Waals surface area contributed by atoms with E-state index in [9.17, 15) is 14.4 Å². The highest BCUT2D eigenvalue weighted by Crippen LogP contribution is 2.35. The molecule has 0 radical (unpaired) electrons. The third-order valence-corrected chi connectivity index (χ3v) is 5.84. The molecule has 0 bridgehead atoms. The zero-order chi connectivity index (χ0) is 24.4. The number of anilines is 3. The van der Waals surface area contributed by atoms with Gasteiger partial charge in [0.15, 0.2) is 0 Å². The number of carbonyl (C=O) groups excluding carboxylic acids is 3. The minimum atomic E-state index is -0.716. The lowest BCUT2D eigenvalue weighted by molar-refractivity contribution is -0.120. The number of carbonyl (C=O) groups is 3. The highest BCUT2D eigenvalue weighted by Gasteiger charge is 2.39. The molecule has 0 aliphatic carbocycles. The second-order valence-corrected chi connectivity index (χ2v) is 8.31. The first-order chi connectivity index (χ1) is 16.3. The standard InChI is InChI=1S/C24H16Cl3N3O4/c1-34-19-5-3-2-4-17(19)29-22(31)13-6-9-15(10-7-13)28-21-20(27)23(32)30(24(21)33)18-11-8-14(25)12-16(18)26/h2-12,28H,1H3,(H,29,31). The molecule has 3 aromatic rings. The largest absolute Gasteiger partial charge is 0.495 e. The van der Waals surface area contributed by atoms with E-state index < -0.39 is 11.8 Å². The zero-order valence-electron chi connectivity index (χ0n) is 17.6. The Morgan fingerprint density at radius 2 is 1.62 bits per heavy atom. The van der Waals surface area contributed by atoms with E-state index in [1.165, 1.54) is 25.3 Å². The third kappa shape index (κ3) is 4.59. The van der Waals surface area contributed by atoms with Crippen LogP contribution in [0, 0.1) is 0 Å². The number of para-hydroxylation sites is 2. The summed E-state index contributed by atoms with van der Waals surface area (Å²) in [6.07, 6.45) is 0. The monoisotopic (exact) mass is 515 g/mol. The Morgan fingerprint density at radius 3 is 2.29 bits per heavy atom. The molecule has 1 aliphatic rings. The Morgan fingerprint density at radius 1 is 0.912 bits per heavy atom. The smallest absolute Gasteiger partial charge is 0.283 e. The highest BCUT2D eigenvalue weighted by atomic mass is 35.5. The van der Waals surface area contributed by atoms with Crippen LogP contribution in [-0.2, 0) is 9.59 Å². The lowest BCUT2D eigenvalue weighted by Crippen LogP contribution is -2.32. The normalized spacial score (nSPS) is 13.4. The summed E-state index contributed by atoms with van der Waals surface area (Å²) in [7, 11) is 1.52. The number of amides is 3. The quantitative estimate of drug-likeness (QED) is 0.411. The molecule has 3 amide bonds. The van der Waals surface area contributed by atoms with Crippen molar-refractivity contribution in [1.29, 1.82) is 0 Å². The van der Waals surface area contributed by atoms with Gasteiger partial charge in [0.05, 0.1) is 23.5 Å². The first-order valence-electron chi connectivity index (χ1n) is 9.85. The van der Waals surface area contributed by atoms with Gasteiger partial charge < -0.3 is 15.4 Å². The van der Waals surface area contributed by atoms with Crippen molar-refractivity contribution >= 4 is 69.6 Å². The van der Waals surface area contributed by atoms with E-state index >= 15 is 0 Å². The van der Waals surface area contributed by atoms with Crippen LogP contribution < -0.4 is 20.3 Å². The SMILES string of the molecule is COc1ccccc1NC(=O)c1ccc(NC2=C(Cl)C(=O)N(c3ccc(Cl)cc3Cl)C2=O)cc1. The van der Waals surface area contributed by atoms with Gasteiger partial charge in [0.25, 0.3) is 17.7 Å². The van der Waals surface area contributed by atoms with E-state index in [0.29, 0.717) is 27.7 Å². The molecule has 10 heteroatoms. The molecule has 172 valence electrons. The molecule has 1 aliphatic heterocycles. The van der Waals surface area contributed by atoms with Gasteiger partial charge in [-0.15, -0.1) is 0 Å². The van der Waals surface area contributed by atoms with Crippen molar-refractivity contribution in [3.63, 3.8) is 0 Å². The number of imide groups is 1. The van der Waals surface area contributed by atoms with Crippen LogP contribution >= 0.6 is 34.8 Å². The van der Waals surface area contributed by atoms with Gasteiger partial charge in [-0.05, 0) is 54.6 Å². The van der Waals surface area contributed by atoms with Crippen LogP contribution in [0.2, 0.25) is 10.0 Å². The summed E-state index contributed by atoms with van der Waals surface area (Å²) in [5, 5.41) is 5.84. The summed E-state index contributed by atoms with van der Waals surface area (Å²) in [5.74, 6) is -1.20. The molecule has 4 rings (SSSR count). The van der Waals surface area contributed by atoms with Crippen molar-refractivity contribution in [3.05, 3.63) is 93.1 Å². The Hall–Kier alpha value is -3.52. The maximum absolute atomic E-state index is 12.9. The Bertz CT molecular complexity index is 1340. The average molecular weight is 517 g/mol. The van der Waals surface area contributed by atoms with Crippen molar-refractivity contribution < 1.29 is 19.1 Å². The van der Waals surface area contributed by atoms with Crippen LogP contribution in [0.3, 0.4) is 0 Å². The second kappa shape index (κ2) is 9.77. The molecule has 0 unspecified atom stereocenters. The summed E-state index contributed by atoms with van der Waals surface area (Å²) in [5.41, 5.74) is 1.42. The number of methoxy groups -OCH3 is 1. The average Bonchev–Trinajstić information content (AvgIpc) is 3.03. The number of rotatable bonds is 6. The summed E-state index contributed by atoms with van der Waals surface area (Å²) in [4.78, 5) is 39.1. The van der Waals surface area contributed by atoms with Crippen molar-refractivity contribution in [3.8, 4) is 5.75 Å². The number of ether oxygens (including phenoxy) is 1. The maximum Gasteiger partial charge on any atom is 0.283 e. The second-order valence-electron chi connectivity index (χ2n) is 7.09. The van der Waals surface area contributed by atoms with Crippen LogP contribution in [0.4, 0.5) is 17.1 Å². The predicted octanol–water partition coefficient (Wildman–Crippen LogP) is 5.69. The van der Waals surface area contributed by atoms with Gasteiger partial charge in [-0.2, -0.15) is 0 Å². The number of halogens is 3. The van der Waals surface area contributed by atoms with E-state index in [1.54, 1.807) is 48.5 Å². The lowest BCUT2D eigenvalue weighted by atomic mass is 10.1. The van der Waals surface area contributed by atoms with Gasteiger partial charge in [-0.25, -0.2) is 4.90 Å². The van der Waals surface area contributed by atoms with E-state index in [2.05, 4.69) is 10.6 Å². The minimum absolute atomic E-state index is 0.107. The van der Waals surface area contributed by atoms with Gasteiger partial charge >= 0.3 is 0 Å². The number of benzene rings is 3. The predicted molar refractivity (Wildman–Crippen MR) is 133 cm³/mol. The van der Waals surface area contributed by atoms with Crippen LogP contribution in [0.1, 0.15) is 10.4 Å². The number of nitrogens with one attached hydrogen (secondary N) is 2. The molecule has 2 N–H and O–H groups in total. The summed E-state index contributed by atoms with van der Waals surface area (Å²) in [6, 6.07) is 17.7. The van der Waals surface area contributed by atoms with E-state index in [0.717, 1.165) is 4.90 Å². The van der Waals surface area contributed by atoms with Gasteiger partial charge in [-0.1, -0.05) is 46.9 Å². The molecule has 0 saturated carbocycles. The molecular formula is C24H16Cl3N3O4. The Labute approximate surface area is 209 Å². The molecule has 0 spiro atoms. The van der Waals surface area contributed by atoms with E-state index in [-0.39, 0.29) is 27.3 Å². The number of hydrogen-bond acceptors (Lipinski definition) is 5. The van der Waals surface area contributed by atoms with Crippen molar-refractivity contribution in [2.45, 2.75) is 0 Å². The molecule has 3 aromatic carbocycles. The fraction of sp³-hybridized carbons (Fsp3) is 0.0417. The molecule has 0 aromatic heterocycles. The lowest BCUT2D eigenvalue weighted by Gasteiger charge is -2.16. The molecule has 0 saturated heterocycles. The summed E-state index contributed by atoms with van der Waals surface area (Å²) >= 11 is 18.2. The van der Waals surface area contributed by atoms with E-state index in [1.807, 2.05) is 0 Å². The fourth-order valence-corrected chi connectivity index (χ4v) is 3.99. The first kappa shape index (κ1) is 23.6. The van der Waals surface area contributed by atoms with Crippen molar-refractivity contribution in [1.82, 2.24) is 0 Å².